The SMILES string of the molecule is CCS(=O)(=O)c1ccc(C(N)S)cc1. The number of hydrogen-bond donors (Lipinski definition) is 2. The first kappa shape index (κ1) is 11.6. The van der Waals surface area contributed by atoms with Gasteiger partial charge in [0.1, 0.15) is 0 Å². The summed E-state index contributed by atoms with van der Waals surface area (Å²) >= 11 is 4.05. The van der Waals surface area contributed by atoms with Crippen LogP contribution in [-0.4, -0.2) is 14.2 Å². The van der Waals surface area contributed by atoms with Crippen molar-refractivity contribution in [2.45, 2.75) is 17.2 Å². The summed E-state index contributed by atoms with van der Waals surface area (Å²) < 4.78 is 22.9. The number of rotatable bonds is 3. The van der Waals surface area contributed by atoms with E-state index in [0.29, 0.717) is 4.90 Å². The summed E-state index contributed by atoms with van der Waals surface area (Å²) in [4.78, 5) is 0.331. The molecule has 0 aromatic heterocycles. The van der Waals surface area contributed by atoms with Gasteiger partial charge in [-0.05, 0) is 17.7 Å². The molecule has 0 spiro atoms. The zero-order chi connectivity index (χ0) is 10.8. The Morgan fingerprint density at radius 3 is 2.21 bits per heavy atom. The molecule has 0 heterocycles. The average Bonchev–Trinajstić information content (AvgIpc) is 2.18. The van der Waals surface area contributed by atoms with Crippen LogP contribution in [0.5, 0.6) is 0 Å². The molecule has 0 aliphatic heterocycles. The molecule has 1 aromatic carbocycles. The molecular formula is C9H13NO2S2. The highest BCUT2D eigenvalue weighted by atomic mass is 32.2. The van der Waals surface area contributed by atoms with Crippen molar-refractivity contribution < 1.29 is 8.42 Å². The van der Waals surface area contributed by atoms with Crippen LogP contribution in [0.4, 0.5) is 0 Å². The third kappa shape index (κ3) is 2.50. The second kappa shape index (κ2) is 4.33. The molecule has 1 rings (SSSR count). The maximum Gasteiger partial charge on any atom is 0.178 e. The van der Waals surface area contributed by atoms with Crippen LogP contribution in [0.3, 0.4) is 0 Å². The highest BCUT2D eigenvalue weighted by molar-refractivity contribution is 7.91. The fourth-order valence-corrected chi connectivity index (χ4v) is 2.10. The van der Waals surface area contributed by atoms with Gasteiger partial charge in [-0.15, -0.1) is 0 Å². The molecule has 0 fully saturated rings. The normalized spacial score (nSPS) is 13.9. The van der Waals surface area contributed by atoms with Gasteiger partial charge in [0.05, 0.1) is 16.0 Å². The van der Waals surface area contributed by atoms with Crippen LogP contribution in [0.15, 0.2) is 29.2 Å². The molecule has 1 aromatic rings. The minimum atomic E-state index is -3.11. The molecule has 0 radical (unpaired) electrons. The van der Waals surface area contributed by atoms with Crippen molar-refractivity contribution in [3.63, 3.8) is 0 Å². The van der Waals surface area contributed by atoms with Crippen molar-refractivity contribution in [3.05, 3.63) is 29.8 Å². The van der Waals surface area contributed by atoms with E-state index in [4.69, 9.17) is 5.73 Å². The lowest BCUT2D eigenvalue weighted by Crippen LogP contribution is -2.05. The van der Waals surface area contributed by atoms with Gasteiger partial charge in [-0.25, -0.2) is 8.42 Å². The van der Waals surface area contributed by atoms with E-state index in [9.17, 15) is 8.42 Å². The van der Waals surface area contributed by atoms with Crippen molar-refractivity contribution in [1.29, 1.82) is 0 Å². The predicted octanol–water partition coefficient (Wildman–Crippen LogP) is 1.37. The number of nitrogens with two attached hydrogens (primary N) is 1. The van der Waals surface area contributed by atoms with Crippen LogP contribution < -0.4 is 5.73 Å². The third-order valence-electron chi connectivity index (χ3n) is 1.96. The van der Waals surface area contributed by atoms with Gasteiger partial charge in [0.15, 0.2) is 9.84 Å². The summed E-state index contributed by atoms with van der Waals surface area (Å²) in [5, 5.41) is -0.367. The maximum atomic E-state index is 11.4. The number of benzene rings is 1. The van der Waals surface area contributed by atoms with Gasteiger partial charge in [-0.1, -0.05) is 19.1 Å². The van der Waals surface area contributed by atoms with Gasteiger partial charge in [0, 0.05) is 0 Å². The Labute approximate surface area is 89.6 Å². The van der Waals surface area contributed by atoms with Crippen LogP contribution in [0.25, 0.3) is 0 Å². The standard InChI is InChI=1S/C9H13NO2S2/c1-2-14(11,12)8-5-3-7(4-6-8)9(10)13/h3-6,9,13H,2,10H2,1H3. The Hall–Kier alpha value is -0.520. The summed E-state index contributed by atoms with van der Waals surface area (Å²) in [5.74, 6) is 0.110. The Morgan fingerprint density at radius 1 is 1.36 bits per heavy atom. The third-order valence-corrected chi connectivity index (χ3v) is 4.01. The summed E-state index contributed by atoms with van der Waals surface area (Å²) in [7, 11) is -3.11. The van der Waals surface area contributed by atoms with E-state index in [1.54, 1.807) is 31.2 Å². The fraction of sp³-hybridized carbons (Fsp3) is 0.333. The first-order chi connectivity index (χ1) is 6.47. The molecule has 0 aliphatic carbocycles. The molecule has 0 saturated heterocycles. The molecule has 3 nitrogen and oxygen atoms in total. The highest BCUT2D eigenvalue weighted by Gasteiger charge is 2.11. The molecule has 0 bridgehead atoms. The lowest BCUT2D eigenvalue weighted by atomic mass is 10.2. The first-order valence-electron chi connectivity index (χ1n) is 4.23. The van der Waals surface area contributed by atoms with Gasteiger partial charge in [0.25, 0.3) is 0 Å². The zero-order valence-electron chi connectivity index (χ0n) is 7.84. The minimum absolute atomic E-state index is 0.110. The smallest absolute Gasteiger partial charge is 0.178 e. The second-order valence-electron chi connectivity index (χ2n) is 2.92. The van der Waals surface area contributed by atoms with Gasteiger partial charge in [-0.2, -0.15) is 12.6 Å². The molecule has 1 atom stereocenters. The monoisotopic (exact) mass is 231 g/mol. The average molecular weight is 231 g/mol. The molecule has 0 amide bonds. The molecule has 2 N–H and O–H groups in total. The van der Waals surface area contributed by atoms with Gasteiger partial charge < -0.3 is 5.73 Å². The van der Waals surface area contributed by atoms with Crippen LogP contribution in [0, 0.1) is 0 Å². The van der Waals surface area contributed by atoms with E-state index < -0.39 is 9.84 Å². The van der Waals surface area contributed by atoms with Crippen molar-refractivity contribution in [2.24, 2.45) is 5.73 Å². The fourth-order valence-electron chi connectivity index (χ4n) is 1.04. The van der Waals surface area contributed by atoms with E-state index >= 15 is 0 Å². The van der Waals surface area contributed by atoms with E-state index in [-0.39, 0.29) is 11.1 Å². The van der Waals surface area contributed by atoms with E-state index in [0.717, 1.165) is 5.56 Å². The summed E-state index contributed by atoms with van der Waals surface area (Å²) in [6, 6.07) is 6.48. The van der Waals surface area contributed by atoms with E-state index in [1.807, 2.05) is 0 Å². The molecular weight excluding hydrogens is 218 g/mol. The minimum Gasteiger partial charge on any atom is -0.316 e. The lowest BCUT2D eigenvalue weighted by Gasteiger charge is -2.06. The predicted molar refractivity (Wildman–Crippen MR) is 60.1 cm³/mol. The Balaban J connectivity index is 3.06. The topological polar surface area (TPSA) is 60.2 Å². The van der Waals surface area contributed by atoms with Crippen LogP contribution in [-0.2, 0) is 9.84 Å². The number of thiol groups is 1. The molecule has 5 heteroatoms. The van der Waals surface area contributed by atoms with Gasteiger partial charge >= 0.3 is 0 Å². The maximum absolute atomic E-state index is 11.4. The highest BCUT2D eigenvalue weighted by Crippen LogP contribution is 2.17. The molecule has 14 heavy (non-hydrogen) atoms. The second-order valence-corrected chi connectivity index (χ2v) is 5.75. The van der Waals surface area contributed by atoms with Crippen molar-refractivity contribution in [1.82, 2.24) is 0 Å². The van der Waals surface area contributed by atoms with Crippen LogP contribution >= 0.6 is 12.6 Å². The van der Waals surface area contributed by atoms with Crippen molar-refractivity contribution >= 4 is 22.5 Å². The van der Waals surface area contributed by atoms with Crippen LogP contribution in [0.2, 0.25) is 0 Å². The lowest BCUT2D eigenvalue weighted by molar-refractivity contribution is 0.597. The molecule has 1 unspecified atom stereocenters. The number of hydrogen-bond acceptors (Lipinski definition) is 4. The van der Waals surface area contributed by atoms with Gasteiger partial charge in [-0.3, -0.25) is 0 Å². The van der Waals surface area contributed by atoms with Crippen LogP contribution in [0.1, 0.15) is 17.9 Å². The zero-order valence-corrected chi connectivity index (χ0v) is 9.55. The summed E-state index contributed by atoms with van der Waals surface area (Å²) in [6.07, 6.45) is 0. The number of sulfone groups is 1. The summed E-state index contributed by atoms with van der Waals surface area (Å²) in [5.41, 5.74) is 6.33. The first-order valence-corrected chi connectivity index (χ1v) is 6.40. The van der Waals surface area contributed by atoms with Crippen molar-refractivity contribution in [3.8, 4) is 0 Å². The molecule has 78 valence electrons. The van der Waals surface area contributed by atoms with E-state index in [1.165, 1.54) is 0 Å². The molecule has 0 aliphatic rings. The molecule has 0 saturated carbocycles. The Kier molecular flexibility index (Phi) is 3.58. The quantitative estimate of drug-likeness (QED) is 0.610. The summed E-state index contributed by atoms with van der Waals surface area (Å²) in [6.45, 7) is 1.62. The van der Waals surface area contributed by atoms with E-state index in [2.05, 4.69) is 12.6 Å². The van der Waals surface area contributed by atoms with Crippen molar-refractivity contribution in [2.75, 3.05) is 5.75 Å². The largest absolute Gasteiger partial charge is 0.316 e. The Bertz CT molecular complexity index is 395. The Morgan fingerprint density at radius 2 is 1.86 bits per heavy atom. The van der Waals surface area contributed by atoms with Gasteiger partial charge in [0.2, 0.25) is 0 Å².